The first-order chi connectivity index (χ1) is 10.8. The van der Waals surface area contributed by atoms with Gasteiger partial charge in [0.25, 0.3) is 5.82 Å². The van der Waals surface area contributed by atoms with Crippen molar-refractivity contribution < 1.29 is 39.1 Å². The predicted octanol–water partition coefficient (Wildman–Crippen LogP) is 0.909. The lowest BCUT2D eigenvalue weighted by Gasteiger charge is -2.08. The zero-order chi connectivity index (χ0) is 18.8. The molecule has 7 nitrogen and oxygen atoms in total. The van der Waals surface area contributed by atoms with Crippen molar-refractivity contribution in [3.63, 3.8) is 0 Å². The summed E-state index contributed by atoms with van der Waals surface area (Å²) < 4.78 is 86.4. The van der Waals surface area contributed by atoms with E-state index in [1.807, 2.05) is 7.05 Å². The third-order valence-electron chi connectivity index (χ3n) is 2.84. The number of hydrogen-bond donors (Lipinski definition) is 0. The summed E-state index contributed by atoms with van der Waals surface area (Å²) in [5.74, 6) is 0.670. The van der Waals surface area contributed by atoms with Gasteiger partial charge in [0.05, 0.1) is 7.05 Å². The van der Waals surface area contributed by atoms with E-state index in [-0.39, 0.29) is 0 Å². The summed E-state index contributed by atoms with van der Waals surface area (Å²) in [4.78, 5) is 0.300. The number of halogens is 3. The molecular weight excluding hydrogens is 373 g/mol. The fourth-order valence-corrected chi connectivity index (χ4v) is 2.91. The first-order valence-corrected chi connectivity index (χ1v) is 8.99. The highest BCUT2D eigenvalue weighted by Crippen LogP contribution is 2.20. The molecule has 1 heterocycles. The topological polar surface area (TPSA) is 100 Å². The lowest BCUT2D eigenvalue weighted by Crippen LogP contribution is -2.31. The lowest BCUT2D eigenvalue weighted by atomic mass is 10.4. The standard InChI is InChI=1S/C11H13N2O2S.CHF3O3S/c1-10-12(2)8-9-13(10)16(14,15)11-6-4-3-5-7-11;2-1(3,4)8(5,6)7/h3-9H,1-2H3;(H,5,6,7)/q+1;/p-1. The van der Waals surface area contributed by atoms with Crippen LogP contribution in [-0.2, 0) is 27.2 Å². The molecule has 0 N–H and O–H groups in total. The monoisotopic (exact) mass is 386 g/mol. The highest BCUT2D eigenvalue weighted by molar-refractivity contribution is 7.90. The van der Waals surface area contributed by atoms with E-state index in [1.165, 1.54) is 3.97 Å². The quantitative estimate of drug-likeness (QED) is 0.434. The van der Waals surface area contributed by atoms with E-state index in [0.717, 1.165) is 0 Å². The van der Waals surface area contributed by atoms with E-state index in [2.05, 4.69) is 0 Å². The van der Waals surface area contributed by atoms with Gasteiger partial charge in [0.2, 0.25) is 0 Å². The van der Waals surface area contributed by atoms with Gasteiger partial charge >= 0.3 is 15.5 Å². The molecule has 0 bridgehead atoms. The van der Waals surface area contributed by atoms with Gasteiger partial charge in [-0.2, -0.15) is 21.6 Å². The Hall–Kier alpha value is -1.92. The molecule has 0 unspecified atom stereocenters. The van der Waals surface area contributed by atoms with E-state index >= 15 is 0 Å². The van der Waals surface area contributed by atoms with Gasteiger partial charge < -0.3 is 4.55 Å². The van der Waals surface area contributed by atoms with Crippen molar-refractivity contribution >= 4 is 20.1 Å². The van der Waals surface area contributed by atoms with Crippen LogP contribution in [0.25, 0.3) is 0 Å². The van der Waals surface area contributed by atoms with E-state index in [9.17, 15) is 21.6 Å². The Labute approximate surface area is 136 Å². The highest BCUT2D eigenvalue weighted by Gasteiger charge is 2.36. The summed E-state index contributed by atoms with van der Waals surface area (Å²) >= 11 is 0. The van der Waals surface area contributed by atoms with Crippen LogP contribution >= 0.6 is 0 Å². The van der Waals surface area contributed by atoms with Gasteiger partial charge in [-0.3, -0.25) is 0 Å². The molecule has 1 aromatic carbocycles. The van der Waals surface area contributed by atoms with E-state index in [0.29, 0.717) is 10.7 Å². The van der Waals surface area contributed by atoms with Crippen molar-refractivity contribution in [1.82, 2.24) is 3.97 Å². The fraction of sp³-hybridized carbons (Fsp3) is 0.250. The van der Waals surface area contributed by atoms with Gasteiger partial charge in [0.1, 0.15) is 17.3 Å². The zero-order valence-electron chi connectivity index (χ0n) is 12.4. The van der Waals surface area contributed by atoms with Crippen LogP contribution in [0.2, 0.25) is 0 Å². The predicted molar refractivity (Wildman–Crippen MR) is 75.1 cm³/mol. The Bertz CT molecular complexity index is 904. The first-order valence-electron chi connectivity index (χ1n) is 6.15. The highest BCUT2D eigenvalue weighted by atomic mass is 32.2. The molecule has 2 aromatic rings. The Morgan fingerprint density at radius 2 is 1.54 bits per heavy atom. The number of rotatable bonds is 2. The molecule has 0 fully saturated rings. The maximum atomic E-state index is 12.2. The minimum Gasteiger partial charge on any atom is -0.741 e. The number of imidazole rings is 1. The molecule has 0 aliphatic heterocycles. The Morgan fingerprint density at radius 3 is 1.88 bits per heavy atom. The van der Waals surface area contributed by atoms with Gasteiger partial charge in [0.15, 0.2) is 10.1 Å². The average Bonchev–Trinajstić information content (AvgIpc) is 2.79. The summed E-state index contributed by atoms with van der Waals surface area (Å²) in [7, 11) is -7.73. The average molecular weight is 386 g/mol. The molecule has 134 valence electrons. The number of aromatic nitrogens is 2. The number of benzene rings is 1. The van der Waals surface area contributed by atoms with Crippen LogP contribution in [-0.4, -0.2) is 30.9 Å². The molecular formula is C12H13F3N2O5S2. The zero-order valence-corrected chi connectivity index (χ0v) is 14.1. The summed E-state index contributed by atoms with van der Waals surface area (Å²) in [5, 5.41) is 0. The molecule has 2 rings (SSSR count). The normalized spacial score (nSPS) is 12.4. The van der Waals surface area contributed by atoms with Crippen LogP contribution in [0, 0.1) is 6.92 Å². The van der Waals surface area contributed by atoms with Crippen molar-refractivity contribution in [1.29, 1.82) is 0 Å². The Balaban J connectivity index is 0.000000307. The van der Waals surface area contributed by atoms with E-state index in [4.69, 9.17) is 13.0 Å². The lowest BCUT2D eigenvalue weighted by molar-refractivity contribution is -0.676. The minimum absolute atomic E-state index is 0.300. The Kier molecular flexibility index (Phi) is 5.79. The van der Waals surface area contributed by atoms with Crippen molar-refractivity contribution in [2.75, 3.05) is 0 Å². The molecule has 0 radical (unpaired) electrons. The van der Waals surface area contributed by atoms with Gasteiger partial charge in [-0.25, -0.2) is 13.0 Å². The van der Waals surface area contributed by atoms with Gasteiger partial charge in [-0.15, -0.1) is 3.97 Å². The number of aryl methyl sites for hydroxylation is 1. The third-order valence-corrected chi connectivity index (χ3v) is 5.18. The third kappa shape index (κ3) is 4.55. The molecule has 1 aromatic heterocycles. The molecule has 24 heavy (non-hydrogen) atoms. The maximum absolute atomic E-state index is 12.2. The summed E-state index contributed by atoms with van der Waals surface area (Å²) in [6, 6.07) is 8.41. The van der Waals surface area contributed by atoms with Crippen LogP contribution < -0.4 is 4.57 Å². The molecule has 0 amide bonds. The summed E-state index contributed by atoms with van der Waals surface area (Å²) in [5.41, 5.74) is -5.65. The first kappa shape index (κ1) is 20.1. The van der Waals surface area contributed by atoms with Gasteiger partial charge in [0, 0.05) is 6.92 Å². The van der Waals surface area contributed by atoms with Crippen LogP contribution in [0.15, 0.2) is 47.6 Å². The smallest absolute Gasteiger partial charge is 0.485 e. The van der Waals surface area contributed by atoms with E-state index in [1.54, 1.807) is 54.2 Å². The molecule has 0 spiro atoms. The SMILES string of the molecule is Cc1n(S(=O)(=O)c2ccccc2)cc[n+]1C.O=S(=O)([O-])C(F)(F)F. The number of alkyl halides is 3. The van der Waals surface area contributed by atoms with Crippen molar-refractivity contribution in [3.8, 4) is 0 Å². The van der Waals surface area contributed by atoms with Gasteiger partial charge in [-0.1, -0.05) is 18.2 Å². The Morgan fingerprint density at radius 1 is 1.08 bits per heavy atom. The maximum Gasteiger partial charge on any atom is 0.485 e. The van der Waals surface area contributed by atoms with Crippen molar-refractivity contribution in [2.45, 2.75) is 17.3 Å². The largest absolute Gasteiger partial charge is 0.741 e. The number of nitrogens with zero attached hydrogens (tertiary/aromatic N) is 2. The molecule has 0 saturated carbocycles. The van der Waals surface area contributed by atoms with Crippen LogP contribution in [0.5, 0.6) is 0 Å². The summed E-state index contributed by atoms with van der Waals surface area (Å²) in [6.45, 7) is 1.76. The second kappa shape index (κ2) is 6.91. The van der Waals surface area contributed by atoms with Crippen molar-refractivity contribution in [3.05, 3.63) is 48.5 Å². The molecule has 0 saturated heterocycles. The molecule has 12 heteroatoms. The minimum atomic E-state index is -6.09. The van der Waals surface area contributed by atoms with E-state index < -0.39 is 25.6 Å². The second-order valence-electron chi connectivity index (χ2n) is 4.47. The van der Waals surface area contributed by atoms with Crippen molar-refractivity contribution in [2.24, 2.45) is 7.05 Å². The van der Waals surface area contributed by atoms with Crippen LogP contribution in [0.1, 0.15) is 5.82 Å². The summed E-state index contributed by atoms with van der Waals surface area (Å²) in [6.07, 6.45) is 3.27. The fourth-order valence-electron chi connectivity index (χ4n) is 1.49. The second-order valence-corrected chi connectivity index (χ2v) is 7.66. The van der Waals surface area contributed by atoms with Crippen LogP contribution in [0.4, 0.5) is 13.2 Å². The molecule has 0 aliphatic rings. The van der Waals surface area contributed by atoms with Gasteiger partial charge in [-0.05, 0) is 12.1 Å². The van der Waals surface area contributed by atoms with Crippen LogP contribution in [0.3, 0.4) is 0 Å². The molecule has 0 atom stereocenters. The number of hydrogen-bond acceptors (Lipinski definition) is 5. The molecule has 0 aliphatic carbocycles.